The summed E-state index contributed by atoms with van der Waals surface area (Å²) < 4.78 is 22.2. The number of hydrogen-bond acceptors (Lipinski definition) is 5. The normalized spacial score (nSPS) is 36.6. The SMILES string of the molecule is C=C[C@H]1CC2[C@H]3[C@@H]1C(=C)C=C[C@H]3OC2(O)c1ccc(OC)c(OCOC)c1. The molecule has 0 spiro atoms. The van der Waals surface area contributed by atoms with Crippen LogP contribution in [0.4, 0.5) is 0 Å². The van der Waals surface area contributed by atoms with Crippen LogP contribution in [0, 0.1) is 23.7 Å². The maximum absolute atomic E-state index is 11.6. The van der Waals surface area contributed by atoms with Gasteiger partial charge in [-0.1, -0.05) is 30.4 Å². The Kier molecular flexibility index (Phi) is 4.62. The van der Waals surface area contributed by atoms with Crippen LogP contribution in [0.2, 0.25) is 0 Å². The molecule has 3 aliphatic rings. The Hall–Kier alpha value is -2.08. The predicted molar refractivity (Wildman–Crippen MR) is 101 cm³/mol. The second-order valence-corrected chi connectivity index (χ2v) is 7.47. The van der Waals surface area contributed by atoms with E-state index in [9.17, 15) is 5.11 Å². The zero-order valence-corrected chi connectivity index (χ0v) is 15.8. The lowest BCUT2D eigenvalue weighted by molar-refractivity contribution is -0.216. The van der Waals surface area contributed by atoms with Crippen LogP contribution in [0.15, 0.2) is 55.2 Å². The van der Waals surface area contributed by atoms with Gasteiger partial charge in [-0.15, -0.1) is 6.58 Å². The molecular formula is C22H26O5. The molecule has 1 aliphatic heterocycles. The molecule has 0 bridgehead atoms. The molecule has 2 fully saturated rings. The van der Waals surface area contributed by atoms with E-state index in [0.717, 1.165) is 12.0 Å². The number of methoxy groups -OCH3 is 2. The van der Waals surface area contributed by atoms with E-state index < -0.39 is 5.79 Å². The zero-order chi connectivity index (χ0) is 19.2. The highest BCUT2D eigenvalue weighted by atomic mass is 16.7. The Balaban J connectivity index is 1.73. The van der Waals surface area contributed by atoms with Crippen molar-refractivity contribution in [2.45, 2.75) is 18.3 Å². The highest BCUT2D eigenvalue weighted by molar-refractivity contribution is 5.45. The van der Waals surface area contributed by atoms with Crippen molar-refractivity contribution in [3.05, 3.63) is 60.7 Å². The van der Waals surface area contributed by atoms with Crippen LogP contribution in [-0.4, -0.2) is 32.2 Å². The number of hydrogen-bond donors (Lipinski definition) is 1. The number of ether oxygens (including phenoxy) is 4. The van der Waals surface area contributed by atoms with E-state index in [1.165, 1.54) is 0 Å². The molecule has 144 valence electrons. The highest BCUT2D eigenvalue weighted by Gasteiger charge is 2.62. The third-order valence-corrected chi connectivity index (χ3v) is 6.20. The summed E-state index contributed by atoms with van der Waals surface area (Å²) in [5.74, 6) is 0.408. The van der Waals surface area contributed by atoms with Crippen molar-refractivity contribution in [2.75, 3.05) is 21.0 Å². The van der Waals surface area contributed by atoms with Crippen molar-refractivity contribution in [1.29, 1.82) is 0 Å². The number of rotatable bonds is 6. The molecule has 27 heavy (non-hydrogen) atoms. The van der Waals surface area contributed by atoms with Gasteiger partial charge in [0, 0.05) is 24.5 Å². The van der Waals surface area contributed by atoms with E-state index in [-0.39, 0.29) is 36.6 Å². The minimum atomic E-state index is -1.39. The van der Waals surface area contributed by atoms with Crippen LogP contribution >= 0.6 is 0 Å². The molecule has 1 aromatic carbocycles. The van der Waals surface area contributed by atoms with Crippen molar-refractivity contribution in [1.82, 2.24) is 0 Å². The summed E-state index contributed by atoms with van der Waals surface area (Å²) in [6.07, 6.45) is 6.72. The van der Waals surface area contributed by atoms with Crippen molar-refractivity contribution in [3.63, 3.8) is 0 Å². The molecule has 1 N–H and O–H groups in total. The van der Waals surface area contributed by atoms with Crippen LogP contribution in [0.25, 0.3) is 0 Å². The van der Waals surface area contributed by atoms with Gasteiger partial charge in [0.05, 0.1) is 13.2 Å². The van der Waals surface area contributed by atoms with Crippen LogP contribution in [0.3, 0.4) is 0 Å². The van der Waals surface area contributed by atoms with Gasteiger partial charge in [0.15, 0.2) is 24.1 Å². The smallest absolute Gasteiger partial charge is 0.196 e. The molecule has 5 nitrogen and oxygen atoms in total. The van der Waals surface area contributed by atoms with Crippen molar-refractivity contribution < 1.29 is 24.1 Å². The van der Waals surface area contributed by atoms with Gasteiger partial charge in [-0.25, -0.2) is 0 Å². The van der Waals surface area contributed by atoms with Crippen LogP contribution in [0.5, 0.6) is 11.5 Å². The van der Waals surface area contributed by atoms with Gasteiger partial charge in [-0.3, -0.25) is 0 Å². The fraction of sp³-hybridized carbons (Fsp3) is 0.455. The second-order valence-electron chi connectivity index (χ2n) is 7.47. The van der Waals surface area contributed by atoms with Gasteiger partial charge >= 0.3 is 0 Å². The molecule has 0 radical (unpaired) electrons. The summed E-state index contributed by atoms with van der Waals surface area (Å²) in [5, 5.41) is 11.6. The van der Waals surface area contributed by atoms with Crippen molar-refractivity contribution in [2.24, 2.45) is 23.7 Å². The average Bonchev–Trinajstić information content (AvgIpc) is 3.21. The fourth-order valence-corrected chi connectivity index (χ4v) is 5.04. The summed E-state index contributed by atoms with van der Waals surface area (Å²) in [6.45, 7) is 8.32. The first kappa shape index (κ1) is 18.3. The van der Waals surface area contributed by atoms with E-state index in [2.05, 4.69) is 13.2 Å². The Morgan fingerprint density at radius 1 is 1.33 bits per heavy atom. The van der Waals surface area contributed by atoms with E-state index >= 15 is 0 Å². The minimum Gasteiger partial charge on any atom is -0.493 e. The van der Waals surface area contributed by atoms with E-state index in [4.69, 9.17) is 18.9 Å². The third-order valence-electron chi connectivity index (χ3n) is 6.20. The molecule has 2 aliphatic carbocycles. The first-order valence-electron chi connectivity index (χ1n) is 9.23. The highest BCUT2D eigenvalue weighted by Crippen LogP contribution is 2.61. The first-order valence-corrected chi connectivity index (χ1v) is 9.23. The molecule has 6 atom stereocenters. The minimum absolute atomic E-state index is 0.0409. The Labute approximate surface area is 159 Å². The molecule has 1 saturated carbocycles. The van der Waals surface area contributed by atoms with Gasteiger partial charge in [0.2, 0.25) is 0 Å². The summed E-state index contributed by atoms with van der Waals surface area (Å²) in [5.41, 5.74) is 1.76. The summed E-state index contributed by atoms with van der Waals surface area (Å²) in [4.78, 5) is 0. The zero-order valence-electron chi connectivity index (χ0n) is 15.8. The lowest BCUT2D eigenvalue weighted by Crippen LogP contribution is -2.33. The van der Waals surface area contributed by atoms with Crippen molar-refractivity contribution >= 4 is 0 Å². The molecule has 4 rings (SSSR count). The molecule has 1 heterocycles. The van der Waals surface area contributed by atoms with Gasteiger partial charge in [0.1, 0.15) is 0 Å². The van der Waals surface area contributed by atoms with Gasteiger partial charge in [-0.05, 0) is 36.5 Å². The summed E-state index contributed by atoms with van der Waals surface area (Å²) in [6, 6.07) is 5.41. The standard InChI is InChI=1S/C22H26O5/c1-5-14-10-16-21-18(8-6-13(2)20(14)21)27-22(16,23)15-7-9-17(25-4)19(11-15)26-12-24-3/h5-9,11,14,16,18,20-21,23H,1-2,10,12H2,3-4H3/t14-,16?,18+,20+,21+,22?/m0/s1. The molecular weight excluding hydrogens is 344 g/mol. The monoisotopic (exact) mass is 370 g/mol. The lowest BCUT2D eigenvalue weighted by Gasteiger charge is -2.31. The van der Waals surface area contributed by atoms with Gasteiger partial charge < -0.3 is 24.1 Å². The Bertz CT molecular complexity index is 785. The van der Waals surface area contributed by atoms with Crippen LogP contribution in [0.1, 0.15) is 12.0 Å². The molecule has 1 aromatic rings. The van der Waals surface area contributed by atoms with Gasteiger partial charge in [0.25, 0.3) is 0 Å². The number of allylic oxidation sites excluding steroid dienone is 3. The number of benzene rings is 1. The molecule has 5 heteroatoms. The summed E-state index contributed by atoms with van der Waals surface area (Å²) in [7, 11) is 3.14. The average molecular weight is 370 g/mol. The largest absolute Gasteiger partial charge is 0.493 e. The van der Waals surface area contributed by atoms with Crippen LogP contribution < -0.4 is 9.47 Å². The third kappa shape index (κ3) is 2.73. The van der Waals surface area contributed by atoms with E-state index in [1.54, 1.807) is 26.4 Å². The topological polar surface area (TPSA) is 57.2 Å². The predicted octanol–water partition coefficient (Wildman–Crippen LogP) is 3.40. The van der Waals surface area contributed by atoms with E-state index in [0.29, 0.717) is 17.1 Å². The maximum atomic E-state index is 11.6. The second kappa shape index (κ2) is 6.82. The molecule has 1 saturated heterocycles. The molecule has 2 unspecified atom stereocenters. The maximum Gasteiger partial charge on any atom is 0.196 e. The van der Waals surface area contributed by atoms with E-state index in [1.807, 2.05) is 24.3 Å². The van der Waals surface area contributed by atoms with Crippen LogP contribution in [-0.2, 0) is 15.3 Å². The quantitative estimate of drug-likeness (QED) is 0.614. The lowest BCUT2D eigenvalue weighted by atomic mass is 9.75. The molecule has 0 amide bonds. The number of aliphatic hydroxyl groups is 1. The fourth-order valence-electron chi connectivity index (χ4n) is 5.04. The van der Waals surface area contributed by atoms with Gasteiger partial charge in [-0.2, -0.15) is 0 Å². The molecule has 0 aromatic heterocycles. The summed E-state index contributed by atoms with van der Waals surface area (Å²) >= 11 is 0. The Morgan fingerprint density at radius 3 is 2.85 bits per heavy atom. The Morgan fingerprint density at radius 2 is 2.15 bits per heavy atom. The van der Waals surface area contributed by atoms with Crippen molar-refractivity contribution in [3.8, 4) is 11.5 Å². The first-order chi connectivity index (χ1) is 13.0.